The van der Waals surface area contributed by atoms with E-state index < -0.39 is 6.04 Å². The molecule has 0 saturated carbocycles. The van der Waals surface area contributed by atoms with Gasteiger partial charge in [-0.1, -0.05) is 67.6 Å². The first kappa shape index (κ1) is 20.0. The summed E-state index contributed by atoms with van der Waals surface area (Å²) in [6.45, 7) is 4.32. The van der Waals surface area contributed by atoms with Crippen LogP contribution in [0, 0.1) is 0 Å². The van der Waals surface area contributed by atoms with Crippen molar-refractivity contribution in [2.75, 3.05) is 12.3 Å². The molecular formula is C21H26N2O2S. The number of carbonyl (C=O) groups is 2. The molecule has 0 radical (unpaired) electrons. The normalized spacial score (nSPS) is 11.8. The molecule has 2 aromatic carbocycles. The zero-order chi connectivity index (χ0) is 18.8. The van der Waals surface area contributed by atoms with Crippen LogP contribution in [0.3, 0.4) is 0 Å². The Hall–Kier alpha value is -2.27. The van der Waals surface area contributed by atoms with Crippen LogP contribution in [0.15, 0.2) is 60.7 Å². The van der Waals surface area contributed by atoms with E-state index in [0.717, 1.165) is 17.5 Å². The van der Waals surface area contributed by atoms with E-state index >= 15 is 0 Å². The van der Waals surface area contributed by atoms with Crippen molar-refractivity contribution in [1.82, 2.24) is 10.6 Å². The highest BCUT2D eigenvalue weighted by Crippen LogP contribution is 2.35. The summed E-state index contributed by atoms with van der Waals surface area (Å²) in [6.07, 6.45) is 0.873. The number of benzene rings is 2. The predicted octanol–water partition coefficient (Wildman–Crippen LogP) is 3.54. The highest BCUT2D eigenvalue weighted by Gasteiger charge is 2.19. The molecular weight excluding hydrogens is 344 g/mol. The summed E-state index contributed by atoms with van der Waals surface area (Å²) in [6, 6.07) is 19.8. The molecule has 0 spiro atoms. The van der Waals surface area contributed by atoms with Gasteiger partial charge < -0.3 is 10.6 Å². The zero-order valence-electron chi connectivity index (χ0n) is 15.3. The van der Waals surface area contributed by atoms with Gasteiger partial charge in [0.15, 0.2) is 0 Å². The Labute approximate surface area is 159 Å². The van der Waals surface area contributed by atoms with E-state index in [-0.39, 0.29) is 17.1 Å². The molecule has 2 N–H and O–H groups in total. The SMILES string of the molecule is CCCNC(=O)C(C)NC(=O)CSC(c1ccccc1)c1ccccc1. The maximum absolute atomic E-state index is 12.3. The monoisotopic (exact) mass is 370 g/mol. The Balaban J connectivity index is 1.97. The van der Waals surface area contributed by atoms with Gasteiger partial charge in [-0.05, 0) is 24.5 Å². The lowest BCUT2D eigenvalue weighted by Gasteiger charge is -2.19. The van der Waals surface area contributed by atoms with Crippen LogP contribution >= 0.6 is 11.8 Å². The molecule has 1 unspecified atom stereocenters. The molecule has 0 aliphatic rings. The second kappa shape index (κ2) is 10.7. The highest BCUT2D eigenvalue weighted by molar-refractivity contribution is 8.00. The van der Waals surface area contributed by atoms with Crippen molar-refractivity contribution in [3.63, 3.8) is 0 Å². The average Bonchev–Trinajstić information content (AvgIpc) is 2.67. The number of hydrogen-bond acceptors (Lipinski definition) is 3. The van der Waals surface area contributed by atoms with Crippen LogP contribution in [0.4, 0.5) is 0 Å². The summed E-state index contributed by atoms with van der Waals surface area (Å²) in [5, 5.41) is 5.64. The van der Waals surface area contributed by atoms with Gasteiger partial charge in [-0.2, -0.15) is 0 Å². The van der Waals surface area contributed by atoms with Gasteiger partial charge in [0, 0.05) is 6.54 Å². The molecule has 0 aliphatic carbocycles. The van der Waals surface area contributed by atoms with Crippen molar-refractivity contribution in [1.29, 1.82) is 0 Å². The molecule has 0 heterocycles. The van der Waals surface area contributed by atoms with Gasteiger partial charge in [-0.3, -0.25) is 9.59 Å². The molecule has 2 rings (SSSR count). The zero-order valence-corrected chi connectivity index (χ0v) is 16.1. The fourth-order valence-electron chi connectivity index (χ4n) is 2.55. The lowest BCUT2D eigenvalue weighted by molar-refractivity contribution is -0.127. The molecule has 5 heteroatoms. The van der Waals surface area contributed by atoms with E-state index in [4.69, 9.17) is 0 Å². The molecule has 1 atom stereocenters. The summed E-state index contributed by atoms with van der Waals surface area (Å²) in [4.78, 5) is 24.2. The smallest absolute Gasteiger partial charge is 0.242 e. The molecule has 0 saturated heterocycles. The average molecular weight is 371 g/mol. The maximum Gasteiger partial charge on any atom is 0.242 e. The third kappa shape index (κ3) is 6.23. The van der Waals surface area contributed by atoms with Gasteiger partial charge in [-0.15, -0.1) is 11.8 Å². The van der Waals surface area contributed by atoms with Crippen LogP contribution < -0.4 is 10.6 Å². The largest absolute Gasteiger partial charge is 0.354 e. The predicted molar refractivity (Wildman–Crippen MR) is 108 cm³/mol. The number of nitrogens with one attached hydrogen (secondary N) is 2. The maximum atomic E-state index is 12.3. The van der Waals surface area contributed by atoms with E-state index in [1.165, 1.54) is 0 Å². The molecule has 0 aliphatic heterocycles. The fraction of sp³-hybridized carbons (Fsp3) is 0.333. The minimum absolute atomic E-state index is 0.0763. The summed E-state index contributed by atoms with van der Waals surface area (Å²) < 4.78 is 0. The van der Waals surface area contributed by atoms with E-state index in [9.17, 15) is 9.59 Å². The van der Waals surface area contributed by atoms with Crippen molar-refractivity contribution in [2.24, 2.45) is 0 Å². The van der Waals surface area contributed by atoms with Crippen molar-refractivity contribution < 1.29 is 9.59 Å². The second-order valence-electron chi connectivity index (χ2n) is 6.09. The Morgan fingerprint density at radius 3 is 2.00 bits per heavy atom. The van der Waals surface area contributed by atoms with Gasteiger partial charge in [0.05, 0.1) is 11.0 Å². The Morgan fingerprint density at radius 2 is 1.50 bits per heavy atom. The van der Waals surface area contributed by atoms with Crippen LogP contribution in [0.2, 0.25) is 0 Å². The van der Waals surface area contributed by atoms with Gasteiger partial charge in [0.1, 0.15) is 6.04 Å². The third-order valence-electron chi connectivity index (χ3n) is 3.91. The number of amides is 2. The van der Waals surface area contributed by atoms with Crippen LogP contribution in [0.25, 0.3) is 0 Å². The van der Waals surface area contributed by atoms with Crippen molar-refractivity contribution in [2.45, 2.75) is 31.6 Å². The van der Waals surface area contributed by atoms with Crippen LogP contribution in [-0.4, -0.2) is 30.2 Å². The Kier molecular flexibility index (Phi) is 8.22. The lowest BCUT2D eigenvalue weighted by atomic mass is 10.0. The van der Waals surface area contributed by atoms with E-state index in [1.807, 2.05) is 43.3 Å². The topological polar surface area (TPSA) is 58.2 Å². The number of carbonyl (C=O) groups excluding carboxylic acids is 2. The summed E-state index contributed by atoms with van der Waals surface area (Å²) in [7, 11) is 0. The van der Waals surface area contributed by atoms with Crippen molar-refractivity contribution in [3.8, 4) is 0 Å². The van der Waals surface area contributed by atoms with Crippen molar-refractivity contribution in [3.05, 3.63) is 71.8 Å². The molecule has 0 bridgehead atoms. The molecule has 0 fully saturated rings. The number of thioether (sulfide) groups is 1. The quantitative estimate of drug-likeness (QED) is 0.710. The fourth-order valence-corrected chi connectivity index (χ4v) is 3.65. The van der Waals surface area contributed by atoms with Crippen LogP contribution in [0.1, 0.15) is 36.6 Å². The Bertz CT molecular complexity index is 652. The molecule has 26 heavy (non-hydrogen) atoms. The van der Waals surface area contributed by atoms with Gasteiger partial charge in [0.25, 0.3) is 0 Å². The number of hydrogen-bond donors (Lipinski definition) is 2. The molecule has 2 amide bonds. The first-order valence-corrected chi connectivity index (χ1v) is 9.95. The van der Waals surface area contributed by atoms with Gasteiger partial charge in [-0.25, -0.2) is 0 Å². The summed E-state index contributed by atoms with van der Waals surface area (Å²) >= 11 is 1.56. The first-order chi connectivity index (χ1) is 12.6. The minimum atomic E-state index is -0.526. The van der Waals surface area contributed by atoms with Gasteiger partial charge in [0.2, 0.25) is 11.8 Å². The molecule has 0 aromatic heterocycles. The first-order valence-electron chi connectivity index (χ1n) is 8.90. The highest BCUT2D eigenvalue weighted by atomic mass is 32.2. The minimum Gasteiger partial charge on any atom is -0.354 e. The summed E-state index contributed by atoms with van der Waals surface area (Å²) in [5.74, 6) is 0.0127. The van der Waals surface area contributed by atoms with Crippen molar-refractivity contribution >= 4 is 23.6 Å². The second-order valence-corrected chi connectivity index (χ2v) is 7.19. The summed E-state index contributed by atoms with van der Waals surface area (Å²) in [5.41, 5.74) is 2.32. The number of rotatable bonds is 9. The van der Waals surface area contributed by atoms with Crippen LogP contribution in [-0.2, 0) is 9.59 Å². The third-order valence-corrected chi connectivity index (χ3v) is 5.21. The van der Waals surface area contributed by atoms with E-state index in [0.29, 0.717) is 12.3 Å². The van der Waals surface area contributed by atoms with E-state index in [2.05, 4.69) is 34.9 Å². The molecule has 4 nitrogen and oxygen atoms in total. The molecule has 2 aromatic rings. The Morgan fingerprint density at radius 1 is 0.962 bits per heavy atom. The van der Waals surface area contributed by atoms with Crippen LogP contribution in [0.5, 0.6) is 0 Å². The standard InChI is InChI=1S/C21H26N2O2S/c1-3-14-22-21(25)16(2)23-19(24)15-26-20(17-10-6-4-7-11-17)18-12-8-5-9-13-18/h4-13,16,20H,3,14-15H2,1-2H3,(H,22,25)(H,23,24). The lowest BCUT2D eigenvalue weighted by Crippen LogP contribution is -2.45. The van der Waals surface area contributed by atoms with E-state index in [1.54, 1.807) is 18.7 Å². The molecule has 138 valence electrons. The van der Waals surface area contributed by atoms with Gasteiger partial charge >= 0.3 is 0 Å².